The van der Waals surface area contributed by atoms with E-state index in [1.165, 1.54) is 11.1 Å². The van der Waals surface area contributed by atoms with Gasteiger partial charge in [0.05, 0.1) is 6.61 Å². The van der Waals surface area contributed by atoms with E-state index in [1.54, 1.807) is 12.3 Å². The van der Waals surface area contributed by atoms with Crippen LogP contribution < -0.4 is 4.90 Å². The number of anilines is 1. The van der Waals surface area contributed by atoms with Crippen LogP contribution in [0.2, 0.25) is 0 Å². The molecule has 3 aromatic rings. The average molecular weight is 389 g/mol. The molecule has 150 valence electrons. The van der Waals surface area contributed by atoms with E-state index in [0.29, 0.717) is 18.5 Å². The summed E-state index contributed by atoms with van der Waals surface area (Å²) in [5, 5.41) is 9.16. The highest BCUT2D eigenvalue weighted by Crippen LogP contribution is 2.32. The fourth-order valence-corrected chi connectivity index (χ4v) is 3.65. The Labute approximate surface area is 172 Å². The molecule has 2 aromatic carbocycles. The third-order valence-corrected chi connectivity index (χ3v) is 5.34. The zero-order valence-corrected chi connectivity index (χ0v) is 17.3. The van der Waals surface area contributed by atoms with E-state index in [-0.39, 0.29) is 18.3 Å². The number of aromatic nitrogens is 1. The van der Waals surface area contributed by atoms with Crippen LogP contribution in [0, 0.1) is 13.8 Å². The van der Waals surface area contributed by atoms with Crippen LogP contribution in [-0.2, 0) is 0 Å². The summed E-state index contributed by atoms with van der Waals surface area (Å²) in [5.74, 6) is 0.0968. The Hall–Kier alpha value is -2.98. The molecule has 0 radical (unpaired) electrons. The van der Waals surface area contributed by atoms with Gasteiger partial charge in [-0.25, -0.2) is 0 Å². The first kappa shape index (κ1) is 20.7. The average Bonchev–Trinajstić information content (AvgIpc) is 2.73. The molecule has 0 saturated heterocycles. The van der Waals surface area contributed by atoms with Crippen molar-refractivity contribution in [1.29, 1.82) is 0 Å². The molecule has 0 aliphatic heterocycles. The number of ketones is 1. The minimum atomic E-state index is -0.0191. The molecular formula is C25H28N2O2. The van der Waals surface area contributed by atoms with Crippen molar-refractivity contribution in [1.82, 2.24) is 4.98 Å². The van der Waals surface area contributed by atoms with E-state index in [0.717, 1.165) is 16.9 Å². The molecule has 1 aromatic heterocycles. The maximum Gasteiger partial charge on any atom is 0.163 e. The van der Waals surface area contributed by atoms with E-state index in [9.17, 15) is 4.79 Å². The van der Waals surface area contributed by atoms with Gasteiger partial charge in [-0.05, 0) is 54.8 Å². The Morgan fingerprint density at radius 3 is 2.45 bits per heavy atom. The van der Waals surface area contributed by atoms with Gasteiger partial charge >= 0.3 is 0 Å². The summed E-state index contributed by atoms with van der Waals surface area (Å²) >= 11 is 0. The number of benzene rings is 2. The van der Waals surface area contributed by atoms with Gasteiger partial charge in [0.25, 0.3) is 0 Å². The highest BCUT2D eigenvalue weighted by Gasteiger charge is 2.21. The predicted molar refractivity (Wildman–Crippen MR) is 118 cm³/mol. The number of aryl methyl sites for hydroxylation is 2. The normalized spacial score (nSPS) is 11.9. The number of aliphatic hydroxyl groups is 1. The van der Waals surface area contributed by atoms with Crippen LogP contribution in [0.15, 0.2) is 66.9 Å². The number of likely N-dealkylation sites (N-methyl/N-ethyl adjacent to an activating group) is 1. The van der Waals surface area contributed by atoms with E-state index in [2.05, 4.69) is 48.3 Å². The summed E-state index contributed by atoms with van der Waals surface area (Å²) in [6.07, 6.45) is 2.09. The lowest BCUT2D eigenvalue weighted by Gasteiger charge is -2.22. The molecule has 0 aliphatic carbocycles. The molecule has 0 bridgehead atoms. The quantitative estimate of drug-likeness (QED) is 0.576. The number of Topliss-reactive ketones (excluding diaryl/α,β-unsaturated/α-hetero) is 1. The summed E-state index contributed by atoms with van der Waals surface area (Å²) in [5.41, 5.74) is 6.05. The summed E-state index contributed by atoms with van der Waals surface area (Å²) < 4.78 is 0. The van der Waals surface area contributed by atoms with Crippen molar-refractivity contribution in [2.24, 2.45) is 0 Å². The third kappa shape index (κ3) is 5.09. The number of hydrogen-bond acceptors (Lipinski definition) is 4. The summed E-state index contributed by atoms with van der Waals surface area (Å²) in [6.45, 7) is 4.69. The van der Waals surface area contributed by atoms with Gasteiger partial charge in [0, 0.05) is 49.1 Å². The SMILES string of the molecule is Cc1cc(C(=O)CC(c2ccc(N(C)CCO)cc2)c2ccccc2C)ccn1. The molecule has 4 nitrogen and oxygen atoms in total. The third-order valence-electron chi connectivity index (χ3n) is 5.34. The van der Waals surface area contributed by atoms with Gasteiger partial charge in [0.15, 0.2) is 5.78 Å². The number of pyridine rings is 1. The van der Waals surface area contributed by atoms with Crippen LogP contribution in [0.25, 0.3) is 0 Å². The minimum absolute atomic E-state index is 0.0191. The molecule has 0 spiro atoms. The van der Waals surface area contributed by atoms with Gasteiger partial charge in [-0.2, -0.15) is 0 Å². The fourth-order valence-electron chi connectivity index (χ4n) is 3.65. The largest absolute Gasteiger partial charge is 0.395 e. The number of aliphatic hydroxyl groups excluding tert-OH is 1. The van der Waals surface area contributed by atoms with Crippen LogP contribution in [0.5, 0.6) is 0 Å². The Morgan fingerprint density at radius 2 is 1.79 bits per heavy atom. The first-order valence-electron chi connectivity index (χ1n) is 9.93. The second-order valence-electron chi connectivity index (χ2n) is 7.46. The van der Waals surface area contributed by atoms with Gasteiger partial charge in [-0.1, -0.05) is 36.4 Å². The lowest BCUT2D eigenvalue weighted by atomic mass is 9.83. The molecule has 1 N–H and O–H groups in total. The first-order chi connectivity index (χ1) is 14.0. The van der Waals surface area contributed by atoms with Gasteiger partial charge in [0.2, 0.25) is 0 Å². The smallest absolute Gasteiger partial charge is 0.163 e. The number of nitrogens with zero attached hydrogens (tertiary/aromatic N) is 2. The maximum absolute atomic E-state index is 13.1. The Morgan fingerprint density at radius 1 is 1.07 bits per heavy atom. The van der Waals surface area contributed by atoms with Crippen LogP contribution in [0.1, 0.15) is 45.1 Å². The van der Waals surface area contributed by atoms with Crippen molar-refractivity contribution in [3.05, 3.63) is 94.8 Å². The number of hydrogen-bond donors (Lipinski definition) is 1. The van der Waals surface area contributed by atoms with Crippen molar-refractivity contribution in [2.75, 3.05) is 25.1 Å². The van der Waals surface area contributed by atoms with Crippen LogP contribution in [-0.4, -0.2) is 36.1 Å². The van der Waals surface area contributed by atoms with Crippen molar-refractivity contribution in [2.45, 2.75) is 26.2 Å². The lowest BCUT2D eigenvalue weighted by Crippen LogP contribution is -2.21. The van der Waals surface area contributed by atoms with Crippen molar-refractivity contribution in [3.63, 3.8) is 0 Å². The predicted octanol–water partition coefficient (Wildman–Crippen LogP) is 4.53. The summed E-state index contributed by atoms with van der Waals surface area (Å²) in [4.78, 5) is 19.3. The number of rotatable bonds is 8. The van der Waals surface area contributed by atoms with E-state index < -0.39 is 0 Å². The van der Waals surface area contributed by atoms with Crippen molar-refractivity contribution < 1.29 is 9.90 Å². The zero-order chi connectivity index (χ0) is 20.8. The van der Waals surface area contributed by atoms with E-state index in [4.69, 9.17) is 5.11 Å². The lowest BCUT2D eigenvalue weighted by molar-refractivity contribution is 0.0977. The topological polar surface area (TPSA) is 53.4 Å². The molecule has 3 rings (SSSR count). The maximum atomic E-state index is 13.1. The number of carbonyl (C=O) groups excluding carboxylic acids is 1. The Balaban J connectivity index is 1.94. The first-order valence-corrected chi connectivity index (χ1v) is 9.93. The fraction of sp³-hybridized carbons (Fsp3) is 0.280. The van der Waals surface area contributed by atoms with Gasteiger partial charge in [-0.3, -0.25) is 9.78 Å². The molecule has 0 fully saturated rings. The minimum Gasteiger partial charge on any atom is -0.395 e. The van der Waals surface area contributed by atoms with Crippen molar-refractivity contribution in [3.8, 4) is 0 Å². The van der Waals surface area contributed by atoms with Crippen LogP contribution in [0.3, 0.4) is 0 Å². The summed E-state index contributed by atoms with van der Waals surface area (Å²) in [7, 11) is 1.96. The molecule has 1 atom stereocenters. The monoisotopic (exact) mass is 388 g/mol. The molecule has 0 aliphatic rings. The zero-order valence-electron chi connectivity index (χ0n) is 17.3. The van der Waals surface area contributed by atoms with Crippen LogP contribution in [0.4, 0.5) is 5.69 Å². The molecular weight excluding hydrogens is 360 g/mol. The summed E-state index contributed by atoms with van der Waals surface area (Å²) in [6, 6.07) is 20.2. The van der Waals surface area contributed by atoms with E-state index in [1.807, 2.05) is 37.1 Å². The second-order valence-corrected chi connectivity index (χ2v) is 7.46. The molecule has 0 amide bonds. The van der Waals surface area contributed by atoms with E-state index >= 15 is 0 Å². The second kappa shape index (κ2) is 9.48. The van der Waals surface area contributed by atoms with Crippen molar-refractivity contribution >= 4 is 11.5 Å². The highest BCUT2D eigenvalue weighted by molar-refractivity contribution is 5.96. The Kier molecular flexibility index (Phi) is 6.78. The number of carbonyl (C=O) groups is 1. The standard InChI is InChI=1S/C25H28N2O2/c1-18-6-4-5-7-23(18)24(17-25(29)21-12-13-26-19(2)16-21)20-8-10-22(11-9-20)27(3)14-15-28/h4-13,16,24,28H,14-15,17H2,1-3H3. The molecule has 0 saturated carbocycles. The molecule has 4 heteroatoms. The molecule has 29 heavy (non-hydrogen) atoms. The molecule has 1 heterocycles. The Bertz CT molecular complexity index is 967. The van der Waals surface area contributed by atoms with Gasteiger partial charge < -0.3 is 10.0 Å². The van der Waals surface area contributed by atoms with Gasteiger partial charge in [0.1, 0.15) is 0 Å². The van der Waals surface area contributed by atoms with Gasteiger partial charge in [-0.15, -0.1) is 0 Å². The molecule has 1 unspecified atom stereocenters. The van der Waals surface area contributed by atoms with Crippen LogP contribution >= 0.6 is 0 Å². The highest BCUT2D eigenvalue weighted by atomic mass is 16.3.